The molecule has 0 N–H and O–H groups in total. The maximum Gasteiger partial charge on any atom is 0.214 e. The van der Waals surface area contributed by atoms with Crippen LogP contribution in [-0.2, 0) is 0 Å². The van der Waals surface area contributed by atoms with Gasteiger partial charge in [-0.05, 0) is 31.2 Å². The van der Waals surface area contributed by atoms with Crippen molar-refractivity contribution in [1.29, 1.82) is 0 Å². The SMILES string of the molecule is Cc1cccc(C(=O)c2ccc(F)cc2F)n1. The van der Waals surface area contributed by atoms with Crippen molar-refractivity contribution in [2.75, 3.05) is 0 Å². The summed E-state index contributed by atoms with van der Waals surface area (Å²) in [6.45, 7) is 1.73. The molecule has 1 aromatic carbocycles. The summed E-state index contributed by atoms with van der Waals surface area (Å²) in [6.07, 6.45) is 0. The molecule has 0 amide bonds. The maximum absolute atomic E-state index is 13.4. The van der Waals surface area contributed by atoms with E-state index in [2.05, 4.69) is 4.98 Å². The second-order valence-electron chi connectivity index (χ2n) is 3.62. The Morgan fingerprint density at radius 3 is 2.59 bits per heavy atom. The molecule has 2 aromatic rings. The number of carbonyl (C=O) groups excluding carboxylic acids is 1. The first-order valence-electron chi connectivity index (χ1n) is 5.01. The summed E-state index contributed by atoms with van der Waals surface area (Å²) in [6, 6.07) is 7.75. The van der Waals surface area contributed by atoms with E-state index in [0.717, 1.165) is 12.1 Å². The van der Waals surface area contributed by atoms with Gasteiger partial charge in [-0.2, -0.15) is 0 Å². The van der Waals surface area contributed by atoms with Crippen LogP contribution in [0.4, 0.5) is 8.78 Å². The number of hydrogen-bond acceptors (Lipinski definition) is 2. The predicted octanol–water partition coefficient (Wildman–Crippen LogP) is 2.90. The zero-order valence-corrected chi connectivity index (χ0v) is 9.08. The van der Waals surface area contributed by atoms with E-state index in [1.165, 1.54) is 6.07 Å². The van der Waals surface area contributed by atoms with Crippen molar-refractivity contribution in [3.8, 4) is 0 Å². The van der Waals surface area contributed by atoms with Crippen LogP contribution in [0.5, 0.6) is 0 Å². The van der Waals surface area contributed by atoms with Crippen LogP contribution in [0.15, 0.2) is 36.4 Å². The molecular formula is C13H9F2NO. The number of nitrogens with zero attached hydrogens (tertiary/aromatic N) is 1. The number of aryl methyl sites for hydroxylation is 1. The molecule has 0 aliphatic rings. The standard InChI is InChI=1S/C13H9F2NO/c1-8-3-2-4-12(16-8)13(17)10-6-5-9(14)7-11(10)15/h2-7H,1H3. The minimum Gasteiger partial charge on any atom is -0.287 e. The zero-order valence-electron chi connectivity index (χ0n) is 9.08. The highest BCUT2D eigenvalue weighted by Crippen LogP contribution is 2.14. The number of rotatable bonds is 2. The number of ketones is 1. The second kappa shape index (κ2) is 4.41. The Kier molecular flexibility index (Phi) is 2.95. The van der Waals surface area contributed by atoms with Gasteiger partial charge in [0.15, 0.2) is 0 Å². The van der Waals surface area contributed by atoms with Gasteiger partial charge >= 0.3 is 0 Å². The van der Waals surface area contributed by atoms with Crippen LogP contribution in [0.3, 0.4) is 0 Å². The molecule has 0 atom stereocenters. The average Bonchev–Trinajstić information content (AvgIpc) is 2.28. The number of aromatic nitrogens is 1. The Morgan fingerprint density at radius 1 is 1.18 bits per heavy atom. The Balaban J connectivity index is 2.44. The smallest absolute Gasteiger partial charge is 0.214 e. The van der Waals surface area contributed by atoms with Crippen LogP contribution < -0.4 is 0 Å². The molecule has 2 nitrogen and oxygen atoms in total. The largest absolute Gasteiger partial charge is 0.287 e. The van der Waals surface area contributed by atoms with E-state index in [-0.39, 0.29) is 11.3 Å². The molecule has 4 heteroatoms. The molecule has 0 fully saturated rings. The molecule has 2 rings (SSSR count). The van der Waals surface area contributed by atoms with Gasteiger partial charge in [-0.15, -0.1) is 0 Å². The third-order valence-corrected chi connectivity index (χ3v) is 2.30. The maximum atomic E-state index is 13.4. The van der Waals surface area contributed by atoms with E-state index in [9.17, 15) is 13.6 Å². The van der Waals surface area contributed by atoms with Crippen LogP contribution in [0.25, 0.3) is 0 Å². The molecular weight excluding hydrogens is 224 g/mol. The Morgan fingerprint density at radius 2 is 1.94 bits per heavy atom. The fourth-order valence-electron chi connectivity index (χ4n) is 1.48. The predicted molar refractivity (Wildman–Crippen MR) is 58.8 cm³/mol. The van der Waals surface area contributed by atoms with Crippen molar-refractivity contribution in [3.63, 3.8) is 0 Å². The minimum absolute atomic E-state index is 0.149. The fraction of sp³-hybridized carbons (Fsp3) is 0.0769. The lowest BCUT2D eigenvalue weighted by Gasteiger charge is -2.02. The van der Waals surface area contributed by atoms with Crippen molar-refractivity contribution in [1.82, 2.24) is 4.98 Å². The third-order valence-electron chi connectivity index (χ3n) is 2.30. The topological polar surface area (TPSA) is 30.0 Å². The Bertz CT molecular complexity index is 581. The summed E-state index contributed by atoms with van der Waals surface area (Å²) in [4.78, 5) is 15.9. The van der Waals surface area contributed by atoms with E-state index in [1.807, 2.05) is 0 Å². The van der Waals surface area contributed by atoms with Gasteiger partial charge in [-0.25, -0.2) is 13.8 Å². The lowest BCUT2D eigenvalue weighted by molar-refractivity contribution is 0.103. The van der Waals surface area contributed by atoms with E-state index >= 15 is 0 Å². The lowest BCUT2D eigenvalue weighted by Crippen LogP contribution is -2.07. The molecule has 0 bridgehead atoms. The van der Waals surface area contributed by atoms with E-state index in [4.69, 9.17) is 0 Å². The molecule has 0 spiro atoms. The van der Waals surface area contributed by atoms with Crippen LogP contribution in [-0.4, -0.2) is 10.8 Å². The molecule has 0 unspecified atom stereocenters. The van der Waals surface area contributed by atoms with Crippen LogP contribution in [0.1, 0.15) is 21.7 Å². The highest BCUT2D eigenvalue weighted by atomic mass is 19.1. The average molecular weight is 233 g/mol. The van der Waals surface area contributed by atoms with Gasteiger partial charge in [0.1, 0.15) is 17.3 Å². The third kappa shape index (κ3) is 2.36. The Labute approximate surface area is 96.9 Å². The monoisotopic (exact) mass is 233 g/mol. The molecule has 0 radical (unpaired) electrons. The number of benzene rings is 1. The molecule has 1 heterocycles. The molecule has 0 saturated heterocycles. The van der Waals surface area contributed by atoms with E-state index < -0.39 is 17.4 Å². The first-order valence-corrected chi connectivity index (χ1v) is 5.01. The van der Waals surface area contributed by atoms with E-state index in [1.54, 1.807) is 19.1 Å². The van der Waals surface area contributed by atoms with Gasteiger partial charge in [-0.3, -0.25) is 4.79 Å². The van der Waals surface area contributed by atoms with Crippen molar-refractivity contribution in [2.45, 2.75) is 6.92 Å². The highest BCUT2D eigenvalue weighted by Gasteiger charge is 2.15. The Hall–Kier alpha value is -2.10. The van der Waals surface area contributed by atoms with Gasteiger partial charge < -0.3 is 0 Å². The van der Waals surface area contributed by atoms with Crippen molar-refractivity contribution >= 4 is 5.78 Å². The molecule has 0 aliphatic carbocycles. The second-order valence-corrected chi connectivity index (χ2v) is 3.62. The van der Waals surface area contributed by atoms with Crippen molar-refractivity contribution < 1.29 is 13.6 Å². The highest BCUT2D eigenvalue weighted by molar-refractivity contribution is 6.07. The number of carbonyl (C=O) groups is 1. The molecule has 86 valence electrons. The van der Waals surface area contributed by atoms with Gasteiger partial charge in [0.2, 0.25) is 5.78 Å². The van der Waals surface area contributed by atoms with Gasteiger partial charge in [0.25, 0.3) is 0 Å². The quantitative estimate of drug-likeness (QED) is 0.746. The first kappa shape index (κ1) is 11.4. The van der Waals surface area contributed by atoms with Crippen LogP contribution >= 0.6 is 0 Å². The number of pyridine rings is 1. The summed E-state index contributed by atoms with van der Waals surface area (Å²) in [5, 5.41) is 0. The first-order chi connectivity index (χ1) is 8.08. The summed E-state index contributed by atoms with van der Waals surface area (Å²) >= 11 is 0. The van der Waals surface area contributed by atoms with E-state index in [0.29, 0.717) is 11.8 Å². The van der Waals surface area contributed by atoms with Crippen molar-refractivity contribution in [3.05, 3.63) is 65.0 Å². The summed E-state index contributed by atoms with van der Waals surface area (Å²) in [5.74, 6) is -2.14. The molecule has 1 aromatic heterocycles. The van der Waals surface area contributed by atoms with Gasteiger partial charge in [0.05, 0.1) is 5.56 Å². The normalized spacial score (nSPS) is 10.3. The number of hydrogen-bond donors (Lipinski definition) is 0. The minimum atomic E-state index is -0.877. The fourth-order valence-corrected chi connectivity index (χ4v) is 1.48. The van der Waals surface area contributed by atoms with Crippen LogP contribution in [0.2, 0.25) is 0 Å². The lowest BCUT2D eigenvalue weighted by atomic mass is 10.1. The van der Waals surface area contributed by atoms with Gasteiger partial charge in [-0.1, -0.05) is 6.07 Å². The summed E-state index contributed by atoms with van der Waals surface area (Å²) in [5.41, 5.74) is 0.637. The van der Waals surface area contributed by atoms with Crippen LogP contribution in [0, 0.1) is 18.6 Å². The molecule has 17 heavy (non-hydrogen) atoms. The van der Waals surface area contributed by atoms with Gasteiger partial charge in [0, 0.05) is 11.8 Å². The van der Waals surface area contributed by atoms with Crippen molar-refractivity contribution in [2.24, 2.45) is 0 Å². The zero-order chi connectivity index (χ0) is 12.4. The summed E-state index contributed by atoms with van der Waals surface area (Å²) < 4.78 is 26.1. The molecule has 0 aliphatic heterocycles. The summed E-state index contributed by atoms with van der Waals surface area (Å²) in [7, 11) is 0. The molecule has 0 saturated carbocycles. The number of halogens is 2.